The number of hydrogen-bond donors (Lipinski definition) is 1. The summed E-state index contributed by atoms with van der Waals surface area (Å²) < 4.78 is 12.9. The van der Waals surface area contributed by atoms with Crippen molar-refractivity contribution in [2.45, 2.75) is 19.6 Å². The summed E-state index contributed by atoms with van der Waals surface area (Å²) in [5.74, 6) is 1.53. The first-order valence-corrected chi connectivity index (χ1v) is 10.3. The lowest BCUT2D eigenvalue weighted by molar-refractivity contribution is 0.0985. The highest BCUT2D eigenvalue weighted by atomic mass is 16.5. The van der Waals surface area contributed by atoms with E-state index >= 15 is 0 Å². The number of anilines is 1. The summed E-state index contributed by atoms with van der Waals surface area (Å²) >= 11 is 0. The second kappa shape index (κ2) is 8.09. The van der Waals surface area contributed by atoms with Gasteiger partial charge in [0.15, 0.2) is 5.82 Å². The molecule has 0 radical (unpaired) electrons. The van der Waals surface area contributed by atoms with E-state index in [0.29, 0.717) is 25.6 Å². The largest absolute Gasteiger partial charge is 0.380 e. The first-order valence-electron chi connectivity index (χ1n) is 10.3. The van der Waals surface area contributed by atoms with E-state index < -0.39 is 0 Å². The van der Waals surface area contributed by atoms with Gasteiger partial charge in [0.05, 0.1) is 43.4 Å². The maximum Gasteiger partial charge on any atom is 0.163 e. The van der Waals surface area contributed by atoms with Crippen LogP contribution in [0.4, 0.5) is 5.82 Å². The van der Waals surface area contributed by atoms with Crippen molar-refractivity contribution >= 4 is 16.9 Å². The Labute approximate surface area is 180 Å². The molecule has 4 aromatic rings. The predicted octanol–water partition coefficient (Wildman–Crippen LogP) is 2.79. The second-order valence-electron chi connectivity index (χ2n) is 7.73. The lowest BCUT2D eigenvalue weighted by Crippen LogP contribution is -2.44. The highest BCUT2D eigenvalue weighted by Gasteiger charge is 2.24. The first-order chi connectivity index (χ1) is 15.2. The molecule has 0 aromatic carbocycles. The number of nitrogens with one attached hydrogen (secondary N) is 1. The van der Waals surface area contributed by atoms with E-state index in [9.17, 15) is 0 Å². The van der Waals surface area contributed by atoms with Crippen molar-refractivity contribution in [1.29, 1.82) is 0 Å². The average Bonchev–Trinajstić information content (AvgIpc) is 3.40. The highest BCUT2D eigenvalue weighted by Crippen LogP contribution is 2.31. The van der Waals surface area contributed by atoms with E-state index in [0.717, 1.165) is 45.9 Å². The van der Waals surface area contributed by atoms with Gasteiger partial charge >= 0.3 is 0 Å². The van der Waals surface area contributed by atoms with Gasteiger partial charge in [0.1, 0.15) is 11.5 Å². The molecular formula is C22H25N7O2. The van der Waals surface area contributed by atoms with Gasteiger partial charge < -0.3 is 19.4 Å². The van der Waals surface area contributed by atoms with Gasteiger partial charge in [-0.3, -0.25) is 4.68 Å². The molecule has 1 unspecified atom stereocenters. The Balaban J connectivity index is 1.72. The van der Waals surface area contributed by atoms with Gasteiger partial charge in [-0.25, -0.2) is 15.0 Å². The van der Waals surface area contributed by atoms with E-state index in [1.807, 2.05) is 42.3 Å². The lowest BCUT2D eigenvalue weighted by atomic mass is 10.1. The predicted molar refractivity (Wildman–Crippen MR) is 118 cm³/mol. The first kappa shape index (κ1) is 19.7. The standard InChI is InChI=1S/C22H25N7O2/c1-14-12-31-9-8-29(14)19-10-18(20-15(13-30-3)11-25-28(20)2)26-22(27-19)17-5-7-24-21-16(17)4-6-23-21/h4-7,10-11,14H,8-9,12-13H2,1-3H3,(H,23,24). The number of aromatic amines is 1. The van der Waals surface area contributed by atoms with Gasteiger partial charge in [-0.1, -0.05) is 0 Å². The summed E-state index contributed by atoms with van der Waals surface area (Å²) in [6.07, 6.45) is 5.49. The van der Waals surface area contributed by atoms with Crippen molar-refractivity contribution < 1.29 is 9.47 Å². The molecule has 4 aromatic heterocycles. The Morgan fingerprint density at radius 1 is 1.29 bits per heavy atom. The minimum absolute atomic E-state index is 0.221. The Morgan fingerprint density at radius 3 is 3.03 bits per heavy atom. The van der Waals surface area contributed by atoms with Gasteiger partial charge in [-0.15, -0.1) is 0 Å². The number of ether oxygens (including phenoxy) is 2. The van der Waals surface area contributed by atoms with Gasteiger partial charge in [0, 0.05) is 55.7 Å². The van der Waals surface area contributed by atoms with Gasteiger partial charge in [0.25, 0.3) is 0 Å². The summed E-state index contributed by atoms with van der Waals surface area (Å²) in [4.78, 5) is 19.8. The van der Waals surface area contributed by atoms with Gasteiger partial charge in [0.2, 0.25) is 0 Å². The van der Waals surface area contributed by atoms with Crippen LogP contribution >= 0.6 is 0 Å². The molecule has 0 saturated carbocycles. The Kier molecular flexibility index (Phi) is 5.13. The number of hydrogen-bond acceptors (Lipinski definition) is 7. The van der Waals surface area contributed by atoms with Crippen LogP contribution in [0.1, 0.15) is 12.5 Å². The van der Waals surface area contributed by atoms with Crippen LogP contribution in [0.5, 0.6) is 0 Å². The fraction of sp³-hybridized carbons (Fsp3) is 0.364. The normalized spacial score (nSPS) is 16.9. The number of nitrogens with zero attached hydrogens (tertiary/aromatic N) is 6. The Bertz CT molecular complexity index is 1220. The maximum atomic E-state index is 5.64. The van der Waals surface area contributed by atoms with Crippen molar-refractivity contribution in [2.24, 2.45) is 7.05 Å². The van der Waals surface area contributed by atoms with Crippen LogP contribution in [0.3, 0.4) is 0 Å². The molecule has 0 aliphatic carbocycles. The number of fused-ring (bicyclic) bond motifs is 1. The summed E-state index contributed by atoms with van der Waals surface area (Å²) in [6.45, 7) is 4.74. The molecule has 0 spiro atoms. The fourth-order valence-corrected chi connectivity index (χ4v) is 4.12. The van der Waals surface area contributed by atoms with Crippen LogP contribution in [0.15, 0.2) is 36.8 Å². The van der Waals surface area contributed by atoms with Crippen LogP contribution < -0.4 is 4.90 Å². The molecule has 0 bridgehead atoms. The van der Waals surface area contributed by atoms with Crippen molar-refractivity contribution in [3.05, 3.63) is 42.4 Å². The molecular weight excluding hydrogens is 394 g/mol. The Morgan fingerprint density at radius 2 is 2.19 bits per heavy atom. The molecule has 1 aliphatic rings. The van der Waals surface area contributed by atoms with Crippen LogP contribution in [-0.4, -0.2) is 62.6 Å². The smallest absolute Gasteiger partial charge is 0.163 e. The molecule has 1 aliphatic heterocycles. The van der Waals surface area contributed by atoms with Crippen LogP contribution in [0.25, 0.3) is 33.8 Å². The van der Waals surface area contributed by atoms with E-state index in [2.05, 4.69) is 26.9 Å². The summed E-state index contributed by atoms with van der Waals surface area (Å²) in [7, 11) is 3.60. The molecule has 1 atom stereocenters. The van der Waals surface area contributed by atoms with E-state index in [-0.39, 0.29) is 6.04 Å². The molecule has 1 saturated heterocycles. The highest BCUT2D eigenvalue weighted by molar-refractivity contribution is 5.91. The number of rotatable bonds is 5. The minimum atomic E-state index is 0.221. The number of aryl methyl sites for hydroxylation is 1. The number of pyridine rings is 1. The summed E-state index contributed by atoms with van der Waals surface area (Å²) in [5.41, 5.74) is 4.47. The molecule has 5 rings (SSSR count). The molecule has 0 amide bonds. The third-order valence-electron chi connectivity index (χ3n) is 5.63. The van der Waals surface area contributed by atoms with Crippen molar-refractivity contribution in [2.75, 3.05) is 31.8 Å². The number of methoxy groups -OCH3 is 1. The zero-order chi connectivity index (χ0) is 21.4. The van der Waals surface area contributed by atoms with Crippen molar-refractivity contribution in [3.63, 3.8) is 0 Å². The zero-order valence-corrected chi connectivity index (χ0v) is 17.9. The molecule has 9 heteroatoms. The fourth-order valence-electron chi connectivity index (χ4n) is 4.12. The third kappa shape index (κ3) is 3.55. The quantitative estimate of drug-likeness (QED) is 0.532. The Hall–Kier alpha value is -3.30. The third-order valence-corrected chi connectivity index (χ3v) is 5.63. The van der Waals surface area contributed by atoms with Crippen LogP contribution in [-0.2, 0) is 23.1 Å². The lowest BCUT2D eigenvalue weighted by Gasteiger charge is -2.34. The monoisotopic (exact) mass is 419 g/mol. The van der Waals surface area contributed by atoms with Crippen molar-refractivity contribution in [1.82, 2.24) is 29.7 Å². The topological polar surface area (TPSA) is 94.0 Å². The average molecular weight is 419 g/mol. The number of aromatic nitrogens is 6. The maximum absolute atomic E-state index is 5.64. The minimum Gasteiger partial charge on any atom is -0.380 e. The number of morpholine rings is 1. The SMILES string of the molecule is COCc1cnn(C)c1-c1cc(N2CCOCC2C)nc(-c2ccnc3[nH]ccc23)n1. The molecule has 1 fully saturated rings. The molecule has 5 heterocycles. The van der Waals surface area contributed by atoms with Crippen molar-refractivity contribution in [3.8, 4) is 22.8 Å². The van der Waals surface area contributed by atoms with Gasteiger partial charge in [-0.05, 0) is 19.1 Å². The molecule has 31 heavy (non-hydrogen) atoms. The van der Waals surface area contributed by atoms with E-state index in [1.165, 1.54) is 0 Å². The second-order valence-corrected chi connectivity index (χ2v) is 7.73. The van der Waals surface area contributed by atoms with Gasteiger partial charge in [-0.2, -0.15) is 5.10 Å². The van der Waals surface area contributed by atoms with E-state index in [1.54, 1.807) is 13.3 Å². The molecule has 1 N–H and O–H groups in total. The zero-order valence-electron chi connectivity index (χ0n) is 17.9. The summed E-state index contributed by atoms with van der Waals surface area (Å²) in [6, 6.07) is 6.22. The molecule has 9 nitrogen and oxygen atoms in total. The van der Waals surface area contributed by atoms with E-state index in [4.69, 9.17) is 19.4 Å². The summed E-state index contributed by atoms with van der Waals surface area (Å²) in [5, 5.41) is 5.43. The van der Waals surface area contributed by atoms with Crippen LogP contribution in [0, 0.1) is 0 Å². The number of H-pyrrole nitrogens is 1. The van der Waals surface area contributed by atoms with Crippen LogP contribution in [0.2, 0.25) is 0 Å². The molecule has 160 valence electrons.